The number of aliphatic hydroxyl groups is 1. The second kappa shape index (κ2) is 5.72. The molecule has 0 spiro atoms. The normalized spacial score (nSPS) is 18.0. The lowest BCUT2D eigenvalue weighted by Gasteiger charge is -2.30. The minimum atomic E-state index is -2.75. The predicted molar refractivity (Wildman–Crippen MR) is 86.4 cm³/mol. The number of benzene rings is 3. The van der Waals surface area contributed by atoms with Crippen LogP contribution < -0.4 is 0 Å². The summed E-state index contributed by atoms with van der Waals surface area (Å²) in [7, 11) is 0. The van der Waals surface area contributed by atoms with Crippen LogP contribution in [0.3, 0.4) is 0 Å². The van der Waals surface area contributed by atoms with Crippen molar-refractivity contribution in [2.24, 2.45) is 0 Å². The topological polar surface area (TPSA) is 20.2 Å². The van der Waals surface area contributed by atoms with Crippen LogP contribution in [0.25, 0.3) is 0 Å². The summed E-state index contributed by atoms with van der Waals surface area (Å²) in [6, 6.07) is -1.96. The maximum atomic E-state index is 12.0. The number of halogens is 1. The molecule has 0 aromatic heterocycles. The van der Waals surface area contributed by atoms with Gasteiger partial charge in [0, 0.05) is 10.6 Å². The molecule has 0 saturated heterocycles. The van der Waals surface area contributed by atoms with E-state index in [4.69, 9.17) is 25.3 Å². The van der Waals surface area contributed by atoms with Crippen molar-refractivity contribution in [1.29, 1.82) is 0 Å². The van der Waals surface area contributed by atoms with Gasteiger partial charge >= 0.3 is 0 Å². The summed E-state index contributed by atoms with van der Waals surface area (Å²) in [5.74, 6) is 0. The summed E-state index contributed by atoms with van der Waals surface area (Å²) >= 11 is 6.27. The SMILES string of the molecule is [2H]c1c([2H])c([2H])c(C(O)(c2ccccc2Cl)c2c([2H])c([2H])c([2H])c([2H])c2[2H])c([2H])c1[2H]. The third-order valence-corrected chi connectivity index (χ3v) is 3.32. The van der Waals surface area contributed by atoms with Crippen LogP contribution in [-0.4, -0.2) is 5.11 Å². The van der Waals surface area contributed by atoms with Crippen LogP contribution in [0.4, 0.5) is 0 Å². The Balaban J connectivity index is 2.65. The molecule has 0 radical (unpaired) electrons. The Morgan fingerprint density at radius 3 is 1.76 bits per heavy atom. The lowest BCUT2D eigenvalue weighted by molar-refractivity contribution is 0.126. The quantitative estimate of drug-likeness (QED) is 0.700. The van der Waals surface area contributed by atoms with Crippen LogP contribution in [0.2, 0.25) is 5.02 Å². The van der Waals surface area contributed by atoms with Gasteiger partial charge < -0.3 is 5.11 Å². The van der Waals surface area contributed by atoms with Gasteiger partial charge in [0.25, 0.3) is 0 Å². The zero-order valence-corrected chi connectivity index (χ0v) is 11.4. The summed E-state index contributed by atoms with van der Waals surface area (Å²) in [5.41, 5.74) is -4.30. The zero-order chi connectivity index (χ0) is 23.4. The predicted octanol–water partition coefficient (Wildman–Crippen LogP) is 4.62. The van der Waals surface area contributed by atoms with E-state index in [1.807, 2.05) is 0 Å². The molecule has 3 aromatic rings. The summed E-state index contributed by atoms with van der Waals surface area (Å²) in [6.07, 6.45) is 0. The van der Waals surface area contributed by atoms with E-state index in [1.165, 1.54) is 24.3 Å². The van der Waals surface area contributed by atoms with Gasteiger partial charge in [-0.05, 0) is 17.2 Å². The van der Waals surface area contributed by atoms with Gasteiger partial charge in [-0.1, -0.05) is 90.2 Å². The van der Waals surface area contributed by atoms with E-state index in [0.717, 1.165) is 0 Å². The second-order valence-electron chi connectivity index (χ2n) is 4.19. The van der Waals surface area contributed by atoms with Gasteiger partial charge in [-0.25, -0.2) is 0 Å². The van der Waals surface area contributed by atoms with Crippen LogP contribution in [0.5, 0.6) is 0 Å². The molecular formula is C19H15ClO. The largest absolute Gasteiger partial charge is 0.376 e. The fourth-order valence-electron chi connectivity index (χ4n) is 2.01. The fourth-order valence-corrected chi connectivity index (χ4v) is 2.28. The third-order valence-electron chi connectivity index (χ3n) is 2.99. The van der Waals surface area contributed by atoms with Gasteiger partial charge in [-0.2, -0.15) is 0 Å². The highest BCUT2D eigenvalue weighted by Crippen LogP contribution is 2.39. The lowest BCUT2D eigenvalue weighted by atomic mass is 9.80. The first-order valence-corrected chi connectivity index (χ1v) is 6.37. The number of hydrogen-bond donors (Lipinski definition) is 1. The standard InChI is InChI=1S/C19H15ClO/c20-18-14-8-7-13-17(18)19(21,15-9-3-1-4-10-15)16-11-5-2-6-12-16/h1-14,21H/i1D,2D,3D,4D,5D,6D,9D,10D,11D,12D. The van der Waals surface area contributed by atoms with Crippen molar-refractivity contribution in [3.8, 4) is 0 Å². The molecule has 0 aliphatic carbocycles. The maximum absolute atomic E-state index is 12.0. The lowest BCUT2D eigenvalue weighted by Crippen LogP contribution is -2.29. The van der Waals surface area contributed by atoms with Gasteiger partial charge in [0.05, 0.1) is 13.7 Å². The molecule has 0 aliphatic heterocycles. The Labute approximate surface area is 143 Å². The fraction of sp³-hybridized carbons (Fsp3) is 0.0526. The average molecular weight is 305 g/mol. The Bertz CT molecular complexity index is 1100. The zero-order valence-electron chi connectivity index (χ0n) is 20.6. The summed E-state index contributed by atoms with van der Waals surface area (Å²) in [5, 5.41) is 11.9. The molecule has 1 N–H and O–H groups in total. The first-order chi connectivity index (χ1) is 14.4. The molecular weight excluding hydrogens is 280 g/mol. The Morgan fingerprint density at radius 2 is 1.29 bits per heavy atom. The molecule has 1 nitrogen and oxygen atoms in total. The van der Waals surface area contributed by atoms with Gasteiger partial charge in [-0.15, -0.1) is 0 Å². The van der Waals surface area contributed by atoms with Crippen molar-refractivity contribution in [2.75, 3.05) is 0 Å². The van der Waals surface area contributed by atoms with Crippen LogP contribution >= 0.6 is 11.6 Å². The molecule has 0 unspecified atom stereocenters. The highest BCUT2D eigenvalue weighted by molar-refractivity contribution is 6.31. The Morgan fingerprint density at radius 1 is 0.810 bits per heavy atom. The van der Waals surface area contributed by atoms with E-state index in [1.54, 1.807) is 0 Å². The first kappa shape index (κ1) is 6.35. The van der Waals surface area contributed by atoms with E-state index in [2.05, 4.69) is 0 Å². The smallest absolute Gasteiger partial charge is 0.141 e. The van der Waals surface area contributed by atoms with Gasteiger partial charge in [-0.3, -0.25) is 0 Å². The van der Waals surface area contributed by atoms with E-state index >= 15 is 0 Å². The van der Waals surface area contributed by atoms with Crippen LogP contribution in [-0.2, 0) is 5.60 Å². The summed E-state index contributed by atoms with van der Waals surface area (Å²) in [4.78, 5) is 0. The summed E-state index contributed by atoms with van der Waals surface area (Å²) in [6.45, 7) is 0. The van der Waals surface area contributed by atoms with Crippen molar-refractivity contribution in [3.05, 3.63) is 106 Å². The average Bonchev–Trinajstić information content (AvgIpc) is 2.74. The molecule has 2 heteroatoms. The number of rotatable bonds is 3. The Kier molecular flexibility index (Phi) is 1.73. The van der Waals surface area contributed by atoms with E-state index in [-0.39, 0.29) is 10.6 Å². The molecule has 0 heterocycles. The van der Waals surface area contributed by atoms with Gasteiger partial charge in [0.1, 0.15) is 5.60 Å². The minimum Gasteiger partial charge on any atom is -0.376 e. The minimum absolute atomic E-state index is 0.0939. The van der Waals surface area contributed by atoms with E-state index < -0.39 is 77.2 Å². The van der Waals surface area contributed by atoms with Crippen molar-refractivity contribution < 1.29 is 18.8 Å². The van der Waals surface area contributed by atoms with Gasteiger partial charge in [0.2, 0.25) is 0 Å². The molecule has 0 amide bonds. The molecule has 3 aromatic carbocycles. The first-order valence-electron chi connectivity index (χ1n) is 11.0. The van der Waals surface area contributed by atoms with Crippen molar-refractivity contribution in [3.63, 3.8) is 0 Å². The maximum Gasteiger partial charge on any atom is 0.141 e. The van der Waals surface area contributed by atoms with Crippen molar-refractivity contribution in [1.82, 2.24) is 0 Å². The number of hydrogen-bond acceptors (Lipinski definition) is 1. The molecule has 0 bridgehead atoms. The van der Waals surface area contributed by atoms with Crippen LogP contribution in [0.1, 0.15) is 30.4 Å². The van der Waals surface area contributed by atoms with Gasteiger partial charge in [0.15, 0.2) is 0 Å². The second-order valence-corrected chi connectivity index (χ2v) is 4.60. The van der Waals surface area contributed by atoms with E-state index in [0.29, 0.717) is 0 Å². The van der Waals surface area contributed by atoms with Crippen molar-refractivity contribution >= 4 is 11.6 Å². The monoisotopic (exact) mass is 304 g/mol. The molecule has 0 aliphatic rings. The van der Waals surface area contributed by atoms with Crippen LogP contribution in [0.15, 0.2) is 84.7 Å². The molecule has 0 atom stereocenters. The Hall–Kier alpha value is -2.09. The molecule has 3 rings (SSSR count). The highest BCUT2D eigenvalue weighted by atomic mass is 35.5. The molecule has 21 heavy (non-hydrogen) atoms. The molecule has 104 valence electrons. The molecule has 0 saturated carbocycles. The molecule has 0 fully saturated rings. The summed E-state index contributed by atoms with van der Waals surface area (Å²) < 4.78 is 80.8. The van der Waals surface area contributed by atoms with Crippen LogP contribution in [0, 0.1) is 0 Å². The highest BCUT2D eigenvalue weighted by Gasteiger charge is 2.35. The van der Waals surface area contributed by atoms with Crippen molar-refractivity contribution in [2.45, 2.75) is 5.60 Å². The third kappa shape index (κ3) is 2.46. The van der Waals surface area contributed by atoms with E-state index in [9.17, 15) is 5.11 Å².